The van der Waals surface area contributed by atoms with Gasteiger partial charge >= 0.3 is 0 Å². The number of nitrogens with one attached hydrogen (secondary N) is 2. The first-order valence-corrected chi connectivity index (χ1v) is 13.8. The lowest BCUT2D eigenvalue weighted by molar-refractivity contribution is -0.116. The molecule has 1 aliphatic rings. The lowest BCUT2D eigenvalue weighted by atomic mass is 9.96. The normalized spacial score (nSPS) is 14.8. The third kappa shape index (κ3) is 5.45. The summed E-state index contributed by atoms with van der Waals surface area (Å²) in [6, 6.07) is 13.8. The van der Waals surface area contributed by atoms with Crippen molar-refractivity contribution in [2.75, 3.05) is 22.6 Å². The van der Waals surface area contributed by atoms with Gasteiger partial charge in [0.15, 0.2) is 0 Å². The number of nitrogens with zero attached hydrogens (tertiary/aromatic N) is 2. The molecule has 1 atom stereocenters. The molecule has 3 heterocycles. The number of benzene rings is 2. The van der Waals surface area contributed by atoms with E-state index in [1.54, 1.807) is 17.1 Å². The number of rotatable bonds is 9. The number of amides is 2. The maximum atomic E-state index is 13.5. The first-order chi connectivity index (χ1) is 18.9. The highest BCUT2D eigenvalue weighted by atomic mass is 35.5. The van der Waals surface area contributed by atoms with Crippen LogP contribution >= 0.6 is 11.6 Å². The molecule has 7 nitrogen and oxygen atoms in total. The Morgan fingerprint density at radius 2 is 2.03 bits per heavy atom. The number of alkyl halides is 1. The molecule has 2 aromatic heterocycles. The summed E-state index contributed by atoms with van der Waals surface area (Å²) < 4.78 is 8.16. The van der Waals surface area contributed by atoms with Crippen LogP contribution in [0.4, 0.5) is 11.4 Å². The molecule has 39 heavy (non-hydrogen) atoms. The number of halogens is 1. The van der Waals surface area contributed by atoms with Crippen LogP contribution in [0.15, 0.2) is 60.9 Å². The van der Waals surface area contributed by atoms with Gasteiger partial charge in [-0.1, -0.05) is 37.3 Å². The smallest absolute Gasteiger partial charge is 0.251 e. The Morgan fingerprint density at radius 1 is 1.23 bits per heavy atom. The van der Waals surface area contributed by atoms with Crippen LogP contribution in [-0.2, 0) is 23.2 Å². The summed E-state index contributed by atoms with van der Waals surface area (Å²) in [6.45, 7) is 4.94. The fourth-order valence-electron chi connectivity index (χ4n) is 5.21. The Kier molecular flexibility index (Phi) is 7.79. The van der Waals surface area contributed by atoms with E-state index in [1.807, 2.05) is 73.4 Å². The molecule has 1 unspecified atom stereocenters. The summed E-state index contributed by atoms with van der Waals surface area (Å²) in [7, 11) is 1.88. The van der Waals surface area contributed by atoms with Gasteiger partial charge in [0, 0.05) is 67.4 Å². The Bertz CT molecular complexity index is 1540. The number of aromatic amines is 1. The van der Waals surface area contributed by atoms with Crippen molar-refractivity contribution in [3.63, 3.8) is 0 Å². The maximum absolute atomic E-state index is 13.5. The number of hydrogen-bond donors (Lipinski definition) is 2. The molecule has 0 bridgehead atoms. The van der Waals surface area contributed by atoms with Crippen molar-refractivity contribution in [1.29, 1.82) is 0 Å². The Balaban J connectivity index is 1.44. The zero-order valence-corrected chi connectivity index (χ0v) is 23.2. The second-order valence-corrected chi connectivity index (χ2v) is 10.3. The van der Waals surface area contributed by atoms with E-state index in [0.29, 0.717) is 36.9 Å². The first kappa shape index (κ1) is 26.6. The van der Waals surface area contributed by atoms with Crippen molar-refractivity contribution in [2.45, 2.75) is 39.2 Å². The number of H-pyrrole nitrogens is 1. The topological polar surface area (TPSA) is 79.4 Å². The Morgan fingerprint density at radius 3 is 2.77 bits per heavy atom. The predicted molar refractivity (Wildman–Crippen MR) is 158 cm³/mol. The fourth-order valence-corrected chi connectivity index (χ4v) is 5.46. The molecule has 1 aliphatic heterocycles. The highest BCUT2D eigenvalue weighted by Gasteiger charge is 2.35. The van der Waals surface area contributed by atoms with Crippen molar-refractivity contribution in [3.8, 4) is 5.75 Å². The van der Waals surface area contributed by atoms with E-state index in [0.717, 1.165) is 45.4 Å². The quantitative estimate of drug-likeness (QED) is 0.186. The molecule has 8 heteroatoms. The van der Waals surface area contributed by atoms with Crippen LogP contribution in [0.5, 0.6) is 5.75 Å². The molecular weight excluding hydrogens is 512 g/mol. The number of aromatic nitrogens is 2. The summed E-state index contributed by atoms with van der Waals surface area (Å²) in [5, 5.41) is 3.97. The third-order valence-electron chi connectivity index (χ3n) is 7.13. The Labute approximate surface area is 233 Å². The molecule has 0 aliphatic carbocycles. The molecule has 0 radical (unpaired) electrons. The summed E-state index contributed by atoms with van der Waals surface area (Å²) in [5.74, 6) is 0.959. The number of aryl methyl sites for hydroxylation is 2. The lowest BCUT2D eigenvalue weighted by Gasteiger charge is -2.17. The van der Waals surface area contributed by atoms with E-state index in [2.05, 4.69) is 17.2 Å². The fraction of sp³-hybridized carbons (Fsp3) is 0.290. The van der Waals surface area contributed by atoms with E-state index in [-0.39, 0.29) is 17.7 Å². The molecule has 2 aromatic carbocycles. The number of hydrogen-bond acceptors (Lipinski definition) is 3. The van der Waals surface area contributed by atoms with Crippen LogP contribution in [0, 0.1) is 6.92 Å². The van der Waals surface area contributed by atoms with Crippen molar-refractivity contribution < 1.29 is 14.3 Å². The first-order valence-electron chi connectivity index (χ1n) is 13.2. The highest BCUT2D eigenvalue weighted by Crippen LogP contribution is 2.46. The summed E-state index contributed by atoms with van der Waals surface area (Å²) in [5.41, 5.74) is 6.50. The largest absolute Gasteiger partial charge is 0.487 e. The van der Waals surface area contributed by atoms with Gasteiger partial charge < -0.3 is 24.5 Å². The van der Waals surface area contributed by atoms with Gasteiger partial charge in [0.2, 0.25) is 5.91 Å². The minimum Gasteiger partial charge on any atom is -0.487 e. The van der Waals surface area contributed by atoms with Crippen LogP contribution in [-0.4, -0.2) is 33.8 Å². The molecule has 0 saturated heterocycles. The zero-order chi connectivity index (χ0) is 27.5. The number of ether oxygens (including phenoxy) is 1. The molecular formula is C31H33ClN4O3. The van der Waals surface area contributed by atoms with E-state index >= 15 is 0 Å². The maximum Gasteiger partial charge on any atom is 0.251 e. The SMILES string of the molecule is CCCC(=O)Nc1cc(/C=C/C(=O)N2CC(CCl)c3c2cc(OCc2ccccc2)c2[nH]cc(C)c32)n(C)c1. The van der Waals surface area contributed by atoms with Crippen LogP contribution in [0.3, 0.4) is 0 Å². The van der Waals surface area contributed by atoms with Crippen LogP contribution in [0.2, 0.25) is 0 Å². The van der Waals surface area contributed by atoms with E-state index < -0.39 is 0 Å². The van der Waals surface area contributed by atoms with Crippen LogP contribution in [0.1, 0.15) is 48.1 Å². The van der Waals surface area contributed by atoms with Gasteiger partial charge in [-0.2, -0.15) is 0 Å². The summed E-state index contributed by atoms with van der Waals surface area (Å²) >= 11 is 6.43. The lowest BCUT2D eigenvalue weighted by Crippen LogP contribution is -2.28. The second-order valence-electron chi connectivity index (χ2n) is 10.00. The summed E-state index contributed by atoms with van der Waals surface area (Å²) in [6.07, 6.45) is 8.43. The number of anilines is 2. The molecule has 2 N–H and O–H groups in total. The Hall–Kier alpha value is -3.97. The highest BCUT2D eigenvalue weighted by molar-refractivity contribution is 6.19. The van der Waals surface area contributed by atoms with Gasteiger partial charge in [-0.05, 0) is 42.2 Å². The molecule has 0 fully saturated rings. The van der Waals surface area contributed by atoms with Gasteiger partial charge in [0.25, 0.3) is 5.91 Å². The van der Waals surface area contributed by atoms with Crippen LogP contribution < -0.4 is 15.0 Å². The van der Waals surface area contributed by atoms with Crippen molar-refractivity contribution >= 4 is 51.8 Å². The van der Waals surface area contributed by atoms with Gasteiger partial charge in [-0.15, -0.1) is 11.6 Å². The van der Waals surface area contributed by atoms with Crippen molar-refractivity contribution in [3.05, 3.63) is 83.3 Å². The number of carbonyl (C=O) groups is 2. The molecule has 5 rings (SSSR count). The molecule has 0 spiro atoms. The van der Waals surface area contributed by atoms with Crippen molar-refractivity contribution in [2.24, 2.45) is 7.05 Å². The minimum absolute atomic E-state index is 0.00890. The van der Waals surface area contributed by atoms with Gasteiger partial charge in [0.1, 0.15) is 12.4 Å². The van der Waals surface area contributed by atoms with E-state index in [4.69, 9.17) is 16.3 Å². The van der Waals surface area contributed by atoms with Gasteiger partial charge in [-0.25, -0.2) is 0 Å². The molecule has 4 aromatic rings. The monoisotopic (exact) mass is 544 g/mol. The standard InChI is InChI=1S/C31H33ClN4O3/c1-4-8-27(37)34-23-13-24(35(3)18-23)11-12-28(38)36-17-22(15-32)30-25(36)14-26(31-29(30)20(2)16-33-31)39-19-21-9-6-5-7-10-21/h5-7,9-14,16,18,22,33H,4,8,15,17,19H2,1-3H3,(H,34,37)/b12-11+. The zero-order valence-electron chi connectivity index (χ0n) is 22.5. The van der Waals surface area contributed by atoms with E-state index in [1.165, 1.54) is 0 Å². The van der Waals surface area contributed by atoms with Crippen LogP contribution in [0.25, 0.3) is 17.0 Å². The number of fused-ring (bicyclic) bond motifs is 3. The molecule has 2 amide bonds. The van der Waals surface area contributed by atoms with Gasteiger partial charge in [0.05, 0.1) is 16.9 Å². The second kappa shape index (κ2) is 11.4. The third-order valence-corrected chi connectivity index (χ3v) is 7.50. The average molecular weight is 545 g/mol. The summed E-state index contributed by atoms with van der Waals surface area (Å²) in [4.78, 5) is 30.7. The van der Waals surface area contributed by atoms with Gasteiger partial charge in [-0.3, -0.25) is 9.59 Å². The molecule has 0 saturated carbocycles. The average Bonchev–Trinajstić information content (AvgIpc) is 3.60. The minimum atomic E-state index is -0.136. The number of carbonyl (C=O) groups excluding carboxylic acids is 2. The predicted octanol–water partition coefficient (Wildman–Crippen LogP) is 6.51. The van der Waals surface area contributed by atoms with E-state index in [9.17, 15) is 9.59 Å². The molecule has 202 valence electrons. The van der Waals surface area contributed by atoms with Crippen molar-refractivity contribution in [1.82, 2.24) is 9.55 Å².